The number of hydrogen-bond acceptors (Lipinski definition) is 8. The summed E-state index contributed by atoms with van der Waals surface area (Å²) in [5.41, 5.74) is 11.5. The zero-order valence-electron chi connectivity index (χ0n) is 38.2. The molecule has 0 saturated carbocycles. The SMILES string of the molecule is CC1=C(C)CC(CO)(CO)CC1.CC1=C(C)CC(CO)(CO)CC1.CC1=C(C)CC2(CC1)COC(C)(C)OC2.COC(C)(C)C.COC1CCC(C)=C(C)C1. The fourth-order valence-corrected chi connectivity index (χ4v) is 7.44. The molecule has 4 N–H and O–H groups in total. The average molecular weight is 779 g/mol. The normalized spacial score (nSPS) is 24.4. The van der Waals surface area contributed by atoms with Gasteiger partial charge in [0.25, 0.3) is 0 Å². The fourth-order valence-electron chi connectivity index (χ4n) is 7.44. The molecule has 8 nitrogen and oxygen atoms in total. The van der Waals surface area contributed by atoms with Gasteiger partial charge in [-0.1, -0.05) is 44.6 Å². The molecule has 8 heteroatoms. The average Bonchev–Trinajstić information content (AvgIpc) is 3.16. The summed E-state index contributed by atoms with van der Waals surface area (Å²) in [6, 6.07) is 0. The zero-order chi connectivity index (χ0) is 42.3. The third kappa shape index (κ3) is 17.6. The van der Waals surface area contributed by atoms with Crippen molar-refractivity contribution in [1.82, 2.24) is 0 Å². The van der Waals surface area contributed by atoms with Gasteiger partial charge in [0, 0.05) is 30.5 Å². The van der Waals surface area contributed by atoms with Gasteiger partial charge < -0.3 is 39.4 Å². The maximum Gasteiger partial charge on any atom is 0.162 e. The fraction of sp³-hybridized carbons (Fsp3) is 0.830. The van der Waals surface area contributed by atoms with Crippen LogP contribution in [0.4, 0.5) is 0 Å². The van der Waals surface area contributed by atoms with Crippen molar-refractivity contribution < 1.29 is 39.4 Å². The van der Waals surface area contributed by atoms with Crippen molar-refractivity contribution >= 4 is 0 Å². The summed E-state index contributed by atoms with van der Waals surface area (Å²) >= 11 is 0. The Morgan fingerprint density at radius 1 is 0.564 bits per heavy atom. The molecule has 1 atom stereocenters. The van der Waals surface area contributed by atoms with Crippen molar-refractivity contribution in [2.24, 2.45) is 16.2 Å². The van der Waals surface area contributed by atoms with E-state index < -0.39 is 0 Å². The minimum atomic E-state index is -0.380. The predicted molar refractivity (Wildman–Crippen MR) is 228 cm³/mol. The summed E-state index contributed by atoms with van der Waals surface area (Å²) in [5, 5.41) is 36.7. The van der Waals surface area contributed by atoms with Crippen LogP contribution in [0.5, 0.6) is 0 Å². The summed E-state index contributed by atoms with van der Waals surface area (Å²) in [6.45, 7) is 29.6. The van der Waals surface area contributed by atoms with Gasteiger partial charge >= 0.3 is 0 Å². The molecule has 55 heavy (non-hydrogen) atoms. The molecule has 0 radical (unpaired) electrons. The lowest BCUT2D eigenvalue weighted by Crippen LogP contribution is -2.47. The van der Waals surface area contributed by atoms with E-state index in [0.717, 1.165) is 64.6 Å². The zero-order valence-corrected chi connectivity index (χ0v) is 38.2. The Labute approximate surface area is 337 Å². The highest BCUT2D eigenvalue weighted by atomic mass is 16.7. The Hall–Kier alpha value is -1.36. The Kier molecular flexibility index (Phi) is 21.9. The highest BCUT2D eigenvalue weighted by Gasteiger charge is 2.41. The van der Waals surface area contributed by atoms with Gasteiger partial charge in [0.15, 0.2) is 5.79 Å². The first-order valence-corrected chi connectivity index (χ1v) is 20.9. The predicted octanol–water partition coefficient (Wildman–Crippen LogP) is 10.2. The van der Waals surface area contributed by atoms with Crippen LogP contribution in [0.1, 0.15) is 167 Å². The van der Waals surface area contributed by atoms with Crippen LogP contribution in [0.25, 0.3) is 0 Å². The topological polar surface area (TPSA) is 118 Å². The minimum absolute atomic E-state index is 0.0417. The van der Waals surface area contributed by atoms with Gasteiger partial charge in [-0.05, 0) is 167 Å². The molecule has 1 spiro atoms. The Balaban J connectivity index is 0.000000353. The standard InChI is InChI=1S/C13H22O2.2C10H18O2.C9H16O.C5H12O/c1-10-5-6-13(7-11(10)2)8-14-12(3,4)15-9-13;2*1-8-3-4-10(6-11,7-12)5-9(8)2;1-7-4-5-9(10-3)6-8(7)2;1-5(2,3)6-4/h5-9H2,1-4H3;2*11-12H,3-7H2,1-2H3;9H,4-6H2,1-3H3;1-4H3. The van der Waals surface area contributed by atoms with E-state index in [1.807, 2.05) is 34.6 Å². The monoisotopic (exact) mass is 779 g/mol. The molecule has 5 aliphatic rings. The maximum absolute atomic E-state index is 9.16. The van der Waals surface area contributed by atoms with Gasteiger partial charge in [0.05, 0.1) is 51.3 Å². The van der Waals surface area contributed by atoms with E-state index in [9.17, 15) is 0 Å². The highest BCUT2D eigenvalue weighted by Crippen LogP contribution is 2.44. The molecule has 0 aromatic heterocycles. The first-order valence-electron chi connectivity index (χ1n) is 20.9. The number of hydrogen-bond donors (Lipinski definition) is 4. The first kappa shape index (κ1) is 51.7. The van der Waals surface area contributed by atoms with Gasteiger partial charge in [-0.3, -0.25) is 0 Å². The van der Waals surface area contributed by atoms with Gasteiger partial charge in [0.2, 0.25) is 0 Å². The van der Waals surface area contributed by atoms with Crippen LogP contribution in [0.2, 0.25) is 0 Å². The first-order chi connectivity index (χ1) is 25.5. The number of ether oxygens (including phenoxy) is 4. The summed E-state index contributed by atoms with van der Waals surface area (Å²) in [7, 11) is 3.51. The van der Waals surface area contributed by atoms with Crippen LogP contribution in [0.3, 0.4) is 0 Å². The minimum Gasteiger partial charge on any atom is -0.396 e. The molecule has 1 saturated heterocycles. The molecule has 4 aliphatic carbocycles. The summed E-state index contributed by atoms with van der Waals surface area (Å²) < 4.78 is 21.8. The molecule has 322 valence electrons. The van der Waals surface area contributed by atoms with Crippen molar-refractivity contribution in [2.75, 3.05) is 53.9 Å². The molecule has 1 unspecified atom stereocenters. The molecule has 0 aromatic rings. The lowest BCUT2D eigenvalue weighted by molar-refractivity contribution is -0.287. The third-order valence-corrected chi connectivity index (χ3v) is 13.0. The molecule has 5 rings (SSSR count). The summed E-state index contributed by atoms with van der Waals surface area (Å²) in [6.07, 6.45) is 13.2. The number of rotatable bonds is 5. The third-order valence-electron chi connectivity index (χ3n) is 13.0. The maximum atomic E-state index is 9.16. The van der Waals surface area contributed by atoms with E-state index in [0.29, 0.717) is 6.10 Å². The van der Waals surface area contributed by atoms with Crippen molar-refractivity contribution in [2.45, 2.75) is 185 Å². The second kappa shape index (κ2) is 23.3. The van der Waals surface area contributed by atoms with Crippen LogP contribution in [0, 0.1) is 16.2 Å². The Morgan fingerprint density at radius 2 is 0.927 bits per heavy atom. The number of aliphatic hydroxyl groups excluding tert-OH is 4. The molecule has 1 fully saturated rings. The number of allylic oxidation sites excluding steroid dienone is 7. The van der Waals surface area contributed by atoms with Crippen molar-refractivity contribution in [3.63, 3.8) is 0 Å². The molecular weight excluding hydrogens is 693 g/mol. The van der Waals surface area contributed by atoms with Crippen molar-refractivity contribution in [3.8, 4) is 0 Å². The van der Waals surface area contributed by atoms with Crippen LogP contribution < -0.4 is 0 Å². The number of aliphatic hydroxyl groups is 4. The van der Waals surface area contributed by atoms with E-state index in [2.05, 4.69) is 55.4 Å². The molecule has 1 heterocycles. The molecule has 0 bridgehead atoms. The van der Waals surface area contributed by atoms with Gasteiger partial charge in [-0.25, -0.2) is 0 Å². The summed E-state index contributed by atoms with van der Waals surface area (Å²) in [5.74, 6) is -0.380. The summed E-state index contributed by atoms with van der Waals surface area (Å²) in [4.78, 5) is 0. The lowest BCUT2D eigenvalue weighted by Gasteiger charge is -2.45. The molecule has 1 aliphatic heterocycles. The molecule has 0 aromatic carbocycles. The Bertz CT molecular complexity index is 1230. The van der Waals surface area contributed by atoms with Gasteiger partial charge in [-0.2, -0.15) is 0 Å². The smallest absolute Gasteiger partial charge is 0.162 e. The van der Waals surface area contributed by atoms with E-state index in [4.69, 9.17) is 39.4 Å². The second-order valence-electron chi connectivity index (χ2n) is 19.3. The Morgan fingerprint density at radius 3 is 1.24 bits per heavy atom. The van der Waals surface area contributed by atoms with E-state index in [1.54, 1.807) is 25.4 Å². The molecule has 0 amide bonds. The lowest BCUT2D eigenvalue weighted by atomic mass is 9.72. The van der Waals surface area contributed by atoms with Crippen LogP contribution in [-0.2, 0) is 18.9 Å². The van der Waals surface area contributed by atoms with Crippen LogP contribution in [0.15, 0.2) is 44.6 Å². The quantitative estimate of drug-likeness (QED) is 0.204. The van der Waals surface area contributed by atoms with Crippen LogP contribution in [-0.4, -0.2) is 91.8 Å². The van der Waals surface area contributed by atoms with Crippen molar-refractivity contribution in [1.29, 1.82) is 0 Å². The van der Waals surface area contributed by atoms with Gasteiger partial charge in [-0.15, -0.1) is 0 Å². The van der Waals surface area contributed by atoms with Gasteiger partial charge in [0.1, 0.15) is 0 Å². The van der Waals surface area contributed by atoms with E-state index in [1.165, 1.54) is 59.1 Å². The highest BCUT2D eigenvalue weighted by molar-refractivity contribution is 5.18. The van der Waals surface area contributed by atoms with E-state index in [-0.39, 0.29) is 54.1 Å². The molecular formula is C47H86O8. The second-order valence-corrected chi connectivity index (χ2v) is 19.3. The van der Waals surface area contributed by atoms with Crippen molar-refractivity contribution in [3.05, 3.63) is 44.6 Å². The number of methoxy groups -OCH3 is 2. The van der Waals surface area contributed by atoms with E-state index >= 15 is 0 Å². The van der Waals surface area contributed by atoms with Crippen LogP contribution >= 0.6 is 0 Å². The largest absolute Gasteiger partial charge is 0.396 e.